The molecule has 0 saturated heterocycles. The van der Waals surface area contributed by atoms with Crippen molar-refractivity contribution in [2.24, 2.45) is 0 Å². The fourth-order valence-corrected chi connectivity index (χ4v) is 4.29. The van der Waals surface area contributed by atoms with E-state index in [0.717, 1.165) is 23.5 Å². The summed E-state index contributed by atoms with van der Waals surface area (Å²) >= 11 is 1.67. The van der Waals surface area contributed by atoms with Crippen LogP contribution >= 0.6 is 11.3 Å². The maximum absolute atomic E-state index is 12.3. The predicted molar refractivity (Wildman–Crippen MR) is 97.4 cm³/mol. The van der Waals surface area contributed by atoms with E-state index in [1.807, 2.05) is 11.9 Å². The van der Waals surface area contributed by atoms with E-state index >= 15 is 0 Å². The zero-order valence-corrected chi connectivity index (χ0v) is 15.0. The molecule has 1 aromatic heterocycles. The molecule has 1 aliphatic rings. The zero-order chi connectivity index (χ0) is 16.4. The lowest BCUT2D eigenvalue weighted by molar-refractivity contribution is -0.120. The smallest absolute Gasteiger partial charge is 0.239 e. The van der Waals surface area contributed by atoms with Gasteiger partial charge in [-0.05, 0) is 37.8 Å². The van der Waals surface area contributed by atoms with Crippen molar-refractivity contribution in [3.63, 3.8) is 0 Å². The highest BCUT2D eigenvalue weighted by atomic mass is 32.1. The third-order valence-electron chi connectivity index (χ3n) is 4.61. The highest BCUT2D eigenvalue weighted by molar-refractivity contribution is 7.22. The Labute approximate surface area is 141 Å². The third-order valence-corrected chi connectivity index (χ3v) is 5.91. The second kappa shape index (κ2) is 6.87. The van der Waals surface area contributed by atoms with Gasteiger partial charge in [0.25, 0.3) is 0 Å². The highest BCUT2D eigenvalue weighted by Crippen LogP contribution is 2.32. The van der Waals surface area contributed by atoms with Crippen molar-refractivity contribution >= 4 is 32.6 Å². The van der Waals surface area contributed by atoms with Gasteiger partial charge in [0.05, 0.1) is 16.8 Å². The molecule has 23 heavy (non-hydrogen) atoms. The summed E-state index contributed by atoms with van der Waals surface area (Å²) in [6, 6.07) is 4.61. The van der Waals surface area contributed by atoms with Crippen molar-refractivity contribution in [2.45, 2.75) is 52.0 Å². The minimum atomic E-state index is 0.104. The van der Waals surface area contributed by atoms with Gasteiger partial charge in [0.15, 0.2) is 5.13 Å². The third kappa shape index (κ3) is 3.66. The number of carbonyl (C=O) groups is 1. The zero-order valence-electron chi connectivity index (χ0n) is 14.2. The van der Waals surface area contributed by atoms with Crippen molar-refractivity contribution in [1.29, 1.82) is 0 Å². The predicted octanol–water partition coefficient (Wildman–Crippen LogP) is 3.80. The van der Waals surface area contributed by atoms with E-state index < -0.39 is 0 Å². The Kier molecular flexibility index (Phi) is 4.85. The number of carbonyl (C=O) groups excluding carboxylic acids is 1. The molecular weight excluding hydrogens is 306 g/mol. The Morgan fingerprint density at radius 3 is 2.65 bits per heavy atom. The molecule has 3 rings (SSSR count). The van der Waals surface area contributed by atoms with E-state index in [2.05, 4.69) is 31.3 Å². The van der Waals surface area contributed by atoms with Crippen LogP contribution in [0, 0.1) is 13.8 Å². The number of thiazole rings is 1. The number of aryl methyl sites for hydroxylation is 2. The second-order valence-electron chi connectivity index (χ2n) is 6.63. The summed E-state index contributed by atoms with van der Waals surface area (Å²) in [5, 5.41) is 4.09. The SMILES string of the molecule is Cc1ccc(C)c2sc(N(C)CC(=O)NC3CCCCC3)nc12. The Hall–Kier alpha value is -1.62. The molecule has 0 bridgehead atoms. The molecular formula is C18H25N3OS. The number of aromatic nitrogens is 1. The summed E-state index contributed by atoms with van der Waals surface area (Å²) in [6.45, 7) is 4.56. The Morgan fingerprint density at radius 2 is 1.96 bits per heavy atom. The molecule has 1 aromatic carbocycles. The normalized spacial score (nSPS) is 15.8. The lowest BCUT2D eigenvalue weighted by atomic mass is 9.95. The molecule has 0 spiro atoms. The van der Waals surface area contributed by atoms with Crippen LogP contribution in [0.4, 0.5) is 5.13 Å². The number of fused-ring (bicyclic) bond motifs is 1. The number of hydrogen-bond acceptors (Lipinski definition) is 4. The summed E-state index contributed by atoms with van der Waals surface area (Å²) in [7, 11) is 1.95. The van der Waals surface area contributed by atoms with Crippen molar-refractivity contribution < 1.29 is 4.79 Å². The van der Waals surface area contributed by atoms with Crippen molar-refractivity contribution in [2.75, 3.05) is 18.5 Å². The molecule has 1 saturated carbocycles. The number of likely N-dealkylation sites (N-methyl/N-ethyl adjacent to an activating group) is 1. The maximum atomic E-state index is 12.3. The molecule has 1 aliphatic carbocycles. The van der Waals surface area contributed by atoms with E-state index in [-0.39, 0.29) is 5.91 Å². The van der Waals surface area contributed by atoms with Crippen molar-refractivity contribution in [1.82, 2.24) is 10.3 Å². The lowest BCUT2D eigenvalue weighted by Crippen LogP contribution is -2.41. The molecule has 2 aromatic rings. The summed E-state index contributed by atoms with van der Waals surface area (Å²) in [4.78, 5) is 19.0. The molecule has 0 aliphatic heterocycles. The molecule has 1 fully saturated rings. The van der Waals surface area contributed by atoms with E-state index in [1.165, 1.54) is 35.1 Å². The van der Waals surface area contributed by atoms with Crippen LogP contribution in [0.5, 0.6) is 0 Å². The summed E-state index contributed by atoms with van der Waals surface area (Å²) in [5.74, 6) is 0.104. The number of amides is 1. The van der Waals surface area contributed by atoms with Crippen LogP contribution in [0.15, 0.2) is 12.1 Å². The Bertz CT molecular complexity index is 665. The van der Waals surface area contributed by atoms with E-state index in [1.54, 1.807) is 11.3 Å². The van der Waals surface area contributed by atoms with Crippen LogP contribution in [0.25, 0.3) is 10.2 Å². The number of rotatable bonds is 4. The Morgan fingerprint density at radius 1 is 1.26 bits per heavy atom. The van der Waals surface area contributed by atoms with E-state index in [0.29, 0.717) is 12.6 Å². The number of benzene rings is 1. The standard InChI is InChI=1S/C18H25N3OS/c1-12-9-10-13(2)17-16(12)20-18(23-17)21(3)11-15(22)19-14-7-5-4-6-8-14/h9-10,14H,4-8,11H2,1-3H3,(H,19,22). The molecule has 1 heterocycles. The van der Waals surface area contributed by atoms with Crippen molar-refractivity contribution in [3.05, 3.63) is 23.3 Å². The maximum Gasteiger partial charge on any atom is 0.239 e. The average molecular weight is 331 g/mol. The van der Waals surface area contributed by atoms with Gasteiger partial charge in [0.2, 0.25) is 5.91 Å². The fraction of sp³-hybridized carbons (Fsp3) is 0.556. The lowest BCUT2D eigenvalue weighted by Gasteiger charge is -2.24. The first-order valence-electron chi connectivity index (χ1n) is 8.42. The van der Waals surface area contributed by atoms with Crippen LogP contribution in [0.2, 0.25) is 0 Å². The quantitative estimate of drug-likeness (QED) is 0.927. The number of nitrogens with zero attached hydrogens (tertiary/aromatic N) is 2. The first-order chi connectivity index (χ1) is 11.0. The summed E-state index contributed by atoms with van der Waals surface area (Å²) < 4.78 is 1.22. The van der Waals surface area contributed by atoms with Crippen molar-refractivity contribution in [3.8, 4) is 0 Å². The second-order valence-corrected chi connectivity index (χ2v) is 7.61. The summed E-state index contributed by atoms with van der Waals surface area (Å²) in [5.41, 5.74) is 3.49. The van der Waals surface area contributed by atoms with Gasteiger partial charge < -0.3 is 10.2 Å². The van der Waals surface area contributed by atoms with Gasteiger partial charge in [-0.25, -0.2) is 4.98 Å². The van der Waals surface area contributed by atoms with Crippen LogP contribution in [0.1, 0.15) is 43.2 Å². The van der Waals surface area contributed by atoms with Gasteiger partial charge >= 0.3 is 0 Å². The number of hydrogen-bond donors (Lipinski definition) is 1. The summed E-state index contributed by atoms with van der Waals surface area (Å²) in [6.07, 6.45) is 6.01. The average Bonchev–Trinajstić information content (AvgIpc) is 2.98. The minimum Gasteiger partial charge on any atom is -0.352 e. The van der Waals surface area contributed by atoms with Crippen LogP contribution in [0.3, 0.4) is 0 Å². The van der Waals surface area contributed by atoms with Crippen LogP contribution < -0.4 is 10.2 Å². The molecule has 0 radical (unpaired) electrons. The van der Waals surface area contributed by atoms with Crippen LogP contribution in [-0.4, -0.2) is 30.5 Å². The molecule has 124 valence electrons. The first-order valence-corrected chi connectivity index (χ1v) is 9.23. The molecule has 0 unspecified atom stereocenters. The highest BCUT2D eigenvalue weighted by Gasteiger charge is 2.18. The van der Waals surface area contributed by atoms with E-state index in [4.69, 9.17) is 4.98 Å². The molecule has 5 heteroatoms. The molecule has 4 nitrogen and oxygen atoms in total. The Balaban J connectivity index is 1.68. The first kappa shape index (κ1) is 16.2. The van der Waals surface area contributed by atoms with Gasteiger partial charge in [0, 0.05) is 13.1 Å². The van der Waals surface area contributed by atoms with Gasteiger partial charge in [-0.15, -0.1) is 0 Å². The molecule has 1 amide bonds. The van der Waals surface area contributed by atoms with Gasteiger partial charge in [-0.2, -0.15) is 0 Å². The van der Waals surface area contributed by atoms with E-state index in [9.17, 15) is 4.79 Å². The van der Waals surface area contributed by atoms with Gasteiger partial charge in [0.1, 0.15) is 0 Å². The van der Waals surface area contributed by atoms with Crippen LogP contribution in [-0.2, 0) is 4.79 Å². The monoisotopic (exact) mass is 331 g/mol. The molecule has 0 atom stereocenters. The van der Waals surface area contributed by atoms with Gasteiger partial charge in [-0.1, -0.05) is 42.7 Å². The molecule has 1 N–H and O–H groups in total. The number of anilines is 1. The topological polar surface area (TPSA) is 45.2 Å². The minimum absolute atomic E-state index is 0.104. The van der Waals surface area contributed by atoms with Gasteiger partial charge in [-0.3, -0.25) is 4.79 Å². The largest absolute Gasteiger partial charge is 0.352 e. The number of nitrogens with one attached hydrogen (secondary N) is 1. The fourth-order valence-electron chi connectivity index (χ4n) is 3.21.